The zero-order valence-electron chi connectivity index (χ0n) is 14.3. The molecule has 0 aliphatic carbocycles. The second-order valence-corrected chi connectivity index (χ2v) is 7.20. The van der Waals surface area contributed by atoms with Gasteiger partial charge in [0, 0.05) is 18.6 Å². The zero-order chi connectivity index (χ0) is 15.0. The van der Waals surface area contributed by atoms with Crippen molar-refractivity contribution in [1.29, 1.82) is 0 Å². The maximum absolute atomic E-state index is 6.12. The van der Waals surface area contributed by atoms with E-state index in [-0.39, 0.29) is 5.54 Å². The largest absolute Gasteiger partial charge is 0.329 e. The SMILES string of the molecule is CCCCCCC(C)(CN)N1CCC(CN(C)C)CC1. The minimum absolute atomic E-state index is 0.233. The van der Waals surface area contributed by atoms with Crippen molar-refractivity contribution in [3.8, 4) is 0 Å². The van der Waals surface area contributed by atoms with E-state index in [1.54, 1.807) is 0 Å². The first-order valence-electron chi connectivity index (χ1n) is 8.61. The van der Waals surface area contributed by atoms with Crippen molar-refractivity contribution >= 4 is 0 Å². The summed E-state index contributed by atoms with van der Waals surface area (Å²) in [5, 5.41) is 0. The maximum Gasteiger partial charge on any atom is 0.0303 e. The molecule has 120 valence electrons. The van der Waals surface area contributed by atoms with Crippen LogP contribution in [-0.2, 0) is 0 Å². The van der Waals surface area contributed by atoms with Gasteiger partial charge in [-0.1, -0.05) is 32.6 Å². The normalized spacial score (nSPS) is 21.3. The van der Waals surface area contributed by atoms with Gasteiger partial charge in [-0.25, -0.2) is 0 Å². The zero-order valence-corrected chi connectivity index (χ0v) is 14.3. The Kier molecular flexibility index (Phi) is 8.08. The standard InChI is InChI=1S/C17H37N3/c1-5-6-7-8-11-17(2,15-18)20-12-9-16(10-13-20)14-19(3)4/h16H,5-15,18H2,1-4H3. The molecule has 1 heterocycles. The Balaban J connectivity index is 2.38. The first-order valence-corrected chi connectivity index (χ1v) is 8.61. The van der Waals surface area contributed by atoms with E-state index >= 15 is 0 Å². The van der Waals surface area contributed by atoms with Crippen LogP contribution in [0.5, 0.6) is 0 Å². The lowest BCUT2D eigenvalue weighted by Crippen LogP contribution is -2.54. The monoisotopic (exact) mass is 283 g/mol. The maximum atomic E-state index is 6.12. The second kappa shape index (κ2) is 9.01. The summed E-state index contributed by atoms with van der Waals surface area (Å²) in [5.41, 5.74) is 6.35. The molecule has 1 rings (SSSR count). The fraction of sp³-hybridized carbons (Fsp3) is 1.00. The van der Waals surface area contributed by atoms with E-state index in [2.05, 4.69) is 37.7 Å². The summed E-state index contributed by atoms with van der Waals surface area (Å²) in [4.78, 5) is 5.00. The van der Waals surface area contributed by atoms with Crippen LogP contribution in [0.4, 0.5) is 0 Å². The van der Waals surface area contributed by atoms with Crippen molar-refractivity contribution in [2.75, 3.05) is 40.3 Å². The fourth-order valence-corrected chi connectivity index (χ4v) is 3.49. The topological polar surface area (TPSA) is 32.5 Å². The number of likely N-dealkylation sites (tertiary alicyclic amines) is 1. The third-order valence-electron chi connectivity index (χ3n) is 5.01. The summed E-state index contributed by atoms with van der Waals surface area (Å²) in [6.45, 7) is 9.17. The molecule has 0 aromatic rings. The van der Waals surface area contributed by atoms with Gasteiger partial charge in [-0.05, 0) is 59.3 Å². The molecule has 20 heavy (non-hydrogen) atoms. The van der Waals surface area contributed by atoms with Crippen molar-refractivity contribution in [2.45, 2.75) is 64.3 Å². The van der Waals surface area contributed by atoms with Crippen LogP contribution in [0.1, 0.15) is 58.8 Å². The molecule has 2 N–H and O–H groups in total. The molecule has 0 radical (unpaired) electrons. The highest BCUT2D eigenvalue weighted by Gasteiger charge is 2.32. The Morgan fingerprint density at radius 3 is 2.30 bits per heavy atom. The molecule has 0 amide bonds. The van der Waals surface area contributed by atoms with Crippen LogP contribution < -0.4 is 5.73 Å². The van der Waals surface area contributed by atoms with Crippen molar-refractivity contribution < 1.29 is 0 Å². The van der Waals surface area contributed by atoms with Crippen molar-refractivity contribution in [1.82, 2.24) is 9.80 Å². The van der Waals surface area contributed by atoms with Crippen LogP contribution in [0, 0.1) is 5.92 Å². The Morgan fingerprint density at radius 1 is 1.15 bits per heavy atom. The number of nitrogens with two attached hydrogens (primary N) is 1. The smallest absolute Gasteiger partial charge is 0.0303 e. The Hall–Kier alpha value is -0.120. The molecule has 1 unspecified atom stereocenters. The minimum Gasteiger partial charge on any atom is -0.329 e. The van der Waals surface area contributed by atoms with Crippen LogP contribution in [0.3, 0.4) is 0 Å². The van der Waals surface area contributed by atoms with Crippen LogP contribution in [-0.4, -0.2) is 55.6 Å². The van der Waals surface area contributed by atoms with Crippen LogP contribution in [0.15, 0.2) is 0 Å². The number of piperidine rings is 1. The molecule has 1 atom stereocenters. The number of nitrogens with zero attached hydrogens (tertiary/aromatic N) is 2. The molecule has 0 aromatic carbocycles. The van der Waals surface area contributed by atoms with Crippen LogP contribution in [0.25, 0.3) is 0 Å². The summed E-state index contributed by atoms with van der Waals surface area (Å²) in [7, 11) is 4.37. The highest BCUT2D eigenvalue weighted by Crippen LogP contribution is 2.28. The van der Waals surface area contributed by atoms with Gasteiger partial charge in [-0.15, -0.1) is 0 Å². The third-order valence-corrected chi connectivity index (χ3v) is 5.01. The molecular weight excluding hydrogens is 246 g/mol. The molecule has 0 bridgehead atoms. The number of hydrogen-bond donors (Lipinski definition) is 1. The lowest BCUT2D eigenvalue weighted by Gasteiger charge is -2.45. The van der Waals surface area contributed by atoms with Crippen molar-refractivity contribution in [2.24, 2.45) is 11.7 Å². The molecule has 3 heteroatoms. The van der Waals surface area contributed by atoms with E-state index in [1.807, 2.05) is 0 Å². The van der Waals surface area contributed by atoms with E-state index in [0.29, 0.717) is 0 Å². The lowest BCUT2D eigenvalue weighted by molar-refractivity contribution is 0.0539. The van der Waals surface area contributed by atoms with E-state index in [0.717, 1.165) is 12.5 Å². The lowest BCUT2D eigenvalue weighted by atomic mass is 9.87. The number of hydrogen-bond acceptors (Lipinski definition) is 3. The Bertz CT molecular complexity index is 247. The van der Waals surface area contributed by atoms with Gasteiger partial charge in [-0.3, -0.25) is 4.90 Å². The van der Waals surface area contributed by atoms with E-state index < -0.39 is 0 Å². The molecule has 0 saturated carbocycles. The van der Waals surface area contributed by atoms with E-state index in [4.69, 9.17) is 5.73 Å². The Labute approximate surface area is 126 Å². The first kappa shape index (κ1) is 17.9. The van der Waals surface area contributed by atoms with Crippen molar-refractivity contribution in [3.05, 3.63) is 0 Å². The number of unbranched alkanes of at least 4 members (excludes halogenated alkanes) is 3. The molecule has 0 spiro atoms. The van der Waals surface area contributed by atoms with Gasteiger partial charge in [0.15, 0.2) is 0 Å². The van der Waals surface area contributed by atoms with E-state index in [9.17, 15) is 0 Å². The number of rotatable bonds is 9. The van der Waals surface area contributed by atoms with E-state index in [1.165, 1.54) is 64.6 Å². The second-order valence-electron chi connectivity index (χ2n) is 7.20. The molecule has 1 fully saturated rings. The van der Waals surface area contributed by atoms with Crippen LogP contribution >= 0.6 is 0 Å². The van der Waals surface area contributed by atoms with Crippen LogP contribution in [0.2, 0.25) is 0 Å². The molecule has 0 aromatic heterocycles. The summed E-state index contributed by atoms with van der Waals surface area (Å²) >= 11 is 0. The highest BCUT2D eigenvalue weighted by atomic mass is 15.2. The molecule has 1 aliphatic rings. The first-order chi connectivity index (χ1) is 9.51. The summed E-state index contributed by atoms with van der Waals surface area (Å²) in [5.74, 6) is 0.878. The van der Waals surface area contributed by atoms with Gasteiger partial charge in [0.05, 0.1) is 0 Å². The quantitative estimate of drug-likeness (QED) is 0.660. The average Bonchev–Trinajstić information content (AvgIpc) is 2.43. The average molecular weight is 284 g/mol. The van der Waals surface area contributed by atoms with Gasteiger partial charge in [0.1, 0.15) is 0 Å². The van der Waals surface area contributed by atoms with Gasteiger partial charge in [0.25, 0.3) is 0 Å². The van der Waals surface area contributed by atoms with Crippen molar-refractivity contribution in [3.63, 3.8) is 0 Å². The molecule has 1 aliphatic heterocycles. The highest BCUT2D eigenvalue weighted by molar-refractivity contribution is 4.90. The summed E-state index contributed by atoms with van der Waals surface area (Å²) < 4.78 is 0. The minimum atomic E-state index is 0.233. The summed E-state index contributed by atoms with van der Waals surface area (Å²) in [6, 6.07) is 0. The fourth-order valence-electron chi connectivity index (χ4n) is 3.49. The molecular formula is C17H37N3. The summed E-state index contributed by atoms with van der Waals surface area (Å²) in [6.07, 6.45) is 9.32. The van der Waals surface area contributed by atoms with Gasteiger partial charge >= 0.3 is 0 Å². The predicted molar refractivity (Wildman–Crippen MR) is 89.1 cm³/mol. The predicted octanol–water partition coefficient (Wildman–Crippen LogP) is 2.95. The molecule has 3 nitrogen and oxygen atoms in total. The third kappa shape index (κ3) is 5.71. The molecule has 1 saturated heterocycles. The van der Waals surface area contributed by atoms with Gasteiger partial charge in [-0.2, -0.15) is 0 Å². The van der Waals surface area contributed by atoms with Gasteiger partial charge in [0.2, 0.25) is 0 Å². The Morgan fingerprint density at radius 2 is 1.80 bits per heavy atom. The van der Waals surface area contributed by atoms with Gasteiger partial charge < -0.3 is 10.6 Å².